The van der Waals surface area contributed by atoms with Crippen molar-refractivity contribution in [2.45, 2.75) is 33.2 Å². The predicted octanol–water partition coefficient (Wildman–Crippen LogP) is 3.09. The fourth-order valence-electron chi connectivity index (χ4n) is 3.82. The van der Waals surface area contributed by atoms with Crippen LogP contribution in [0.15, 0.2) is 42.6 Å². The number of pyridine rings is 2. The topological polar surface area (TPSA) is 67.2 Å². The molecule has 0 spiro atoms. The molecule has 3 aromatic rings. The third-order valence-corrected chi connectivity index (χ3v) is 5.54. The summed E-state index contributed by atoms with van der Waals surface area (Å²) in [5, 5.41) is 4.63. The van der Waals surface area contributed by atoms with Crippen molar-refractivity contribution in [2.24, 2.45) is 0 Å². The van der Waals surface area contributed by atoms with Crippen molar-refractivity contribution in [3.05, 3.63) is 59.8 Å². The zero-order valence-electron chi connectivity index (χ0n) is 18.0. The summed E-state index contributed by atoms with van der Waals surface area (Å²) in [6.07, 6.45) is 3.54. The second-order valence-electron chi connectivity index (χ2n) is 7.75. The van der Waals surface area contributed by atoms with Crippen LogP contribution in [0.4, 0.5) is 10.2 Å². The summed E-state index contributed by atoms with van der Waals surface area (Å²) in [5.74, 6) is 0.659. The number of amides is 1. The number of halogens is 1. The Balaban J connectivity index is 1.45. The van der Waals surface area contributed by atoms with E-state index in [4.69, 9.17) is 0 Å². The lowest BCUT2D eigenvalue weighted by molar-refractivity contribution is -0.132. The van der Waals surface area contributed by atoms with Gasteiger partial charge in [-0.05, 0) is 43.7 Å². The Morgan fingerprint density at radius 1 is 1.10 bits per heavy atom. The van der Waals surface area contributed by atoms with Gasteiger partial charge in [-0.15, -0.1) is 0 Å². The summed E-state index contributed by atoms with van der Waals surface area (Å²) in [6, 6.07) is 10.9. The molecule has 3 aromatic heterocycles. The van der Waals surface area contributed by atoms with Crippen LogP contribution in [0.1, 0.15) is 24.7 Å². The minimum absolute atomic E-state index is 0.0518. The zero-order valence-corrected chi connectivity index (χ0v) is 18.0. The monoisotopic (exact) mass is 422 g/mol. The number of nitrogens with zero attached hydrogens (tertiary/aromatic N) is 6. The molecule has 7 nitrogen and oxygen atoms in total. The van der Waals surface area contributed by atoms with E-state index in [0.29, 0.717) is 30.2 Å². The van der Waals surface area contributed by atoms with E-state index in [2.05, 4.69) is 26.9 Å². The van der Waals surface area contributed by atoms with Gasteiger partial charge in [0.2, 0.25) is 5.91 Å². The van der Waals surface area contributed by atoms with Gasteiger partial charge in [-0.25, -0.2) is 14.4 Å². The van der Waals surface area contributed by atoms with E-state index in [-0.39, 0.29) is 18.3 Å². The first-order chi connectivity index (χ1) is 15.0. The second-order valence-corrected chi connectivity index (χ2v) is 7.75. The van der Waals surface area contributed by atoms with Gasteiger partial charge in [0.05, 0.1) is 11.4 Å². The highest BCUT2D eigenvalue weighted by Crippen LogP contribution is 2.20. The largest absolute Gasteiger partial charge is 0.353 e. The second kappa shape index (κ2) is 9.24. The lowest BCUT2D eigenvalue weighted by Gasteiger charge is -2.35. The number of hydrogen-bond donors (Lipinski definition) is 0. The minimum atomic E-state index is -0.336. The number of aryl methyl sites for hydroxylation is 2. The summed E-state index contributed by atoms with van der Waals surface area (Å²) in [6.45, 7) is 6.75. The number of carbonyl (C=O) groups is 1. The Morgan fingerprint density at radius 3 is 2.58 bits per heavy atom. The molecule has 31 heavy (non-hydrogen) atoms. The molecular formula is C23H27FN6O. The number of piperazine rings is 1. The molecule has 1 fully saturated rings. The van der Waals surface area contributed by atoms with E-state index in [1.807, 2.05) is 29.2 Å². The van der Waals surface area contributed by atoms with Crippen molar-refractivity contribution in [1.82, 2.24) is 24.6 Å². The van der Waals surface area contributed by atoms with E-state index >= 15 is 0 Å². The zero-order chi connectivity index (χ0) is 21.8. The standard InChI is InChI=1S/C23H27FN6O/c1-3-6-18-15-21(20-9-8-19(24)17(2)26-20)27-30(18)16-23(31)29-13-11-28(12-14-29)22-7-4-5-10-25-22/h4-5,7-10,15H,3,6,11-14,16H2,1-2H3. The molecule has 0 radical (unpaired) electrons. The molecule has 0 N–H and O–H groups in total. The maximum absolute atomic E-state index is 13.6. The van der Waals surface area contributed by atoms with Gasteiger partial charge in [0.15, 0.2) is 0 Å². The van der Waals surface area contributed by atoms with E-state index in [1.54, 1.807) is 23.9 Å². The van der Waals surface area contributed by atoms with Crippen LogP contribution < -0.4 is 4.90 Å². The number of anilines is 1. The third-order valence-electron chi connectivity index (χ3n) is 5.54. The summed E-state index contributed by atoms with van der Waals surface area (Å²) < 4.78 is 15.4. The van der Waals surface area contributed by atoms with Gasteiger partial charge >= 0.3 is 0 Å². The number of rotatable bonds is 6. The van der Waals surface area contributed by atoms with Gasteiger partial charge in [-0.2, -0.15) is 5.10 Å². The van der Waals surface area contributed by atoms with Gasteiger partial charge in [-0.3, -0.25) is 9.48 Å². The highest BCUT2D eigenvalue weighted by Gasteiger charge is 2.23. The normalized spacial score (nSPS) is 14.2. The molecule has 0 saturated carbocycles. The molecule has 1 amide bonds. The third kappa shape index (κ3) is 4.73. The summed E-state index contributed by atoms with van der Waals surface area (Å²) in [7, 11) is 0. The molecule has 1 aliphatic heterocycles. The Kier molecular flexibility index (Phi) is 6.25. The lowest BCUT2D eigenvalue weighted by atomic mass is 10.2. The van der Waals surface area contributed by atoms with Crippen LogP contribution in [0, 0.1) is 12.7 Å². The van der Waals surface area contributed by atoms with E-state index in [9.17, 15) is 9.18 Å². The molecule has 0 unspecified atom stereocenters. The van der Waals surface area contributed by atoms with Gasteiger partial charge in [0.1, 0.15) is 23.9 Å². The van der Waals surface area contributed by atoms with Crippen LogP contribution >= 0.6 is 0 Å². The average molecular weight is 423 g/mol. The van der Waals surface area contributed by atoms with E-state index < -0.39 is 0 Å². The van der Waals surface area contributed by atoms with Crippen LogP contribution in [-0.4, -0.2) is 56.7 Å². The Morgan fingerprint density at radius 2 is 1.90 bits per heavy atom. The molecule has 1 aliphatic rings. The molecule has 1 saturated heterocycles. The summed E-state index contributed by atoms with van der Waals surface area (Å²) in [5.41, 5.74) is 2.61. The summed E-state index contributed by atoms with van der Waals surface area (Å²) >= 11 is 0. The lowest BCUT2D eigenvalue weighted by Crippen LogP contribution is -2.50. The van der Waals surface area contributed by atoms with Crippen molar-refractivity contribution in [2.75, 3.05) is 31.1 Å². The molecule has 162 valence electrons. The first-order valence-electron chi connectivity index (χ1n) is 10.7. The molecular weight excluding hydrogens is 395 g/mol. The molecule has 0 atom stereocenters. The fraction of sp³-hybridized carbons (Fsp3) is 0.391. The number of aromatic nitrogens is 4. The van der Waals surface area contributed by atoms with Gasteiger partial charge < -0.3 is 9.80 Å². The van der Waals surface area contributed by atoms with Crippen molar-refractivity contribution in [1.29, 1.82) is 0 Å². The maximum Gasteiger partial charge on any atom is 0.244 e. The molecule has 8 heteroatoms. The van der Waals surface area contributed by atoms with E-state index in [0.717, 1.165) is 37.4 Å². The van der Waals surface area contributed by atoms with Crippen LogP contribution in [0.25, 0.3) is 11.4 Å². The van der Waals surface area contributed by atoms with Crippen molar-refractivity contribution < 1.29 is 9.18 Å². The highest BCUT2D eigenvalue weighted by atomic mass is 19.1. The van der Waals surface area contributed by atoms with Crippen LogP contribution in [0.5, 0.6) is 0 Å². The summed E-state index contributed by atoms with van der Waals surface area (Å²) in [4.78, 5) is 25.8. The fourth-order valence-corrected chi connectivity index (χ4v) is 3.82. The SMILES string of the molecule is CCCc1cc(-c2ccc(F)c(C)n2)nn1CC(=O)N1CCN(c2ccccn2)CC1. The maximum atomic E-state index is 13.6. The quantitative estimate of drug-likeness (QED) is 0.611. The molecule has 4 heterocycles. The number of hydrogen-bond acceptors (Lipinski definition) is 5. The van der Waals surface area contributed by atoms with E-state index in [1.165, 1.54) is 6.07 Å². The highest BCUT2D eigenvalue weighted by molar-refractivity contribution is 5.76. The van der Waals surface area contributed by atoms with Gasteiger partial charge in [0.25, 0.3) is 0 Å². The predicted molar refractivity (Wildman–Crippen MR) is 117 cm³/mol. The van der Waals surface area contributed by atoms with Crippen LogP contribution in [0.3, 0.4) is 0 Å². The van der Waals surface area contributed by atoms with Crippen molar-refractivity contribution in [3.63, 3.8) is 0 Å². The molecule has 0 bridgehead atoms. The average Bonchev–Trinajstić information content (AvgIpc) is 3.19. The van der Waals surface area contributed by atoms with Gasteiger partial charge in [-0.1, -0.05) is 19.4 Å². The molecule has 0 aliphatic carbocycles. The smallest absolute Gasteiger partial charge is 0.244 e. The Hall–Kier alpha value is -3.29. The first kappa shape index (κ1) is 21.0. The van der Waals surface area contributed by atoms with Crippen molar-refractivity contribution >= 4 is 11.7 Å². The van der Waals surface area contributed by atoms with Crippen LogP contribution in [0.2, 0.25) is 0 Å². The number of carbonyl (C=O) groups excluding carboxylic acids is 1. The molecule has 0 aromatic carbocycles. The first-order valence-corrected chi connectivity index (χ1v) is 10.7. The molecule has 4 rings (SSSR count). The minimum Gasteiger partial charge on any atom is -0.353 e. The Bertz CT molecular complexity index is 1040. The van der Waals surface area contributed by atoms with Gasteiger partial charge in [0, 0.05) is 38.1 Å². The van der Waals surface area contributed by atoms with Crippen molar-refractivity contribution in [3.8, 4) is 11.4 Å². The Labute approximate surface area is 181 Å². The van der Waals surface area contributed by atoms with Crippen LogP contribution in [-0.2, 0) is 17.8 Å².